The topological polar surface area (TPSA) is 77.4 Å². The minimum atomic E-state index is -0.734. The molecule has 148 valence electrons. The molecule has 0 aliphatic carbocycles. The summed E-state index contributed by atoms with van der Waals surface area (Å²) in [6.45, 7) is 6.36. The number of hydrogen-bond donors (Lipinski definition) is 2. The minimum Gasteiger partial charge on any atom is -0.496 e. The number of hydrogen-bond acceptors (Lipinski definition) is 6. The van der Waals surface area contributed by atoms with E-state index >= 15 is 0 Å². The van der Waals surface area contributed by atoms with Gasteiger partial charge in [-0.1, -0.05) is 49.5 Å². The standard InChI is InChI=1S/C18H26N4O3S2/c1-5-6-11-19-16(23)22(24)15-18(2,3)27-17(26)21(15)20-12-13-9-7-8-10-14(13)25-4/h7-10,12,15,24H,5-6,11H2,1-4H3,(H,19,23)/b20-12-/t15-/m1/s1. The maximum atomic E-state index is 12.3. The van der Waals surface area contributed by atoms with Crippen LogP contribution in [0.5, 0.6) is 5.75 Å². The smallest absolute Gasteiger partial charge is 0.343 e. The summed E-state index contributed by atoms with van der Waals surface area (Å²) in [4.78, 5) is 12.3. The number of thiocarbonyl (C=S) groups is 1. The number of amides is 2. The molecule has 7 nitrogen and oxygen atoms in total. The molecule has 0 saturated carbocycles. The predicted molar refractivity (Wildman–Crippen MR) is 112 cm³/mol. The maximum Gasteiger partial charge on any atom is 0.343 e. The molecule has 1 aliphatic heterocycles. The molecule has 0 aromatic heterocycles. The summed E-state index contributed by atoms with van der Waals surface area (Å²) in [5.74, 6) is 0.674. The zero-order chi connectivity index (χ0) is 20.0. The Morgan fingerprint density at radius 2 is 2.22 bits per heavy atom. The Labute approximate surface area is 169 Å². The van der Waals surface area contributed by atoms with Crippen LogP contribution in [-0.4, -0.2) is 56.4 Å². The Morgan fingerprint density at radius 1 is 1.52 bits per heavy atom. The molecule has 2 amide bonds. The number of hydrazone groups is 1. The highest BCUT2D eigenvalue weighted by Gasteiger charge is 2.49. The first-order valence-corrected chi connectivity index (χ1v) is 9.99. The summed E-state index contributed by atoms with van der Waals surface area (Å²) in [6, 6.07) is 6.88. The highest BCUT2D eigenvalue weighted by molar-refractivity contribution is 8.24. The van der Waals surface area contributed by atoms with Crippen LogP contribution in [0.1, 0.15) is 39.2 Å². The van der Waals surface area contributed by atoms with Gasteiger partial charge in [-0.3, -0.25) is 5.21 Å². The Bertz CT molecular complexity index is 712. The van der Waals surface area contributed by atoms with Crippen LogP contribution in [-0.2, 0) is 0 Å². The van der Waals surface area contributed by atoms with Crippen molar-refractivity contribution in [2.75, 3.05) is 13.7 Å². The summed E-state index contributed by atoms with van der Waals surface area (Å²) in [6.07, 6.45) is 2.68. The van der Waals surface area contributed by atoms with Crippen molar-refractivity contribution in [3.8, 4) is 5.75 Å². The number of methoxy groups -OCH3 is 1. The van der Waals surface area contributed by atoms with Gasteiger partial charge in [0.15, 0.2) is 10.5 Å². The number of nitrogens with zero attached hydrogens (tertiary/aromatic N) is 3. The van der Waals surface area contributed by atoms with Crippen molar-refractivity contribution < 1.29 is 14.7 Å². The van der Waals surface area contributed by atoms with E-state index in [2.05, 4.69) is 10.4 Å². The lowest BCUT2D eigenvalue weighted by Gasteiger charge is -2.34. The first kappa shape index (κ1) is 21.5. The average Bonchev–Trinajstić information content (AvgIpc) is 2.87. The van der Waals surface area contributed by atoms with Gasteiger partial charge in [0.05, 0.1) is 18.1 Å². The van der Waals surface area contributed by atoms with E-state index in [0.29, 0.717) is 21.7 Å². The Morgan fingerprint density at radius 3 is 2.89 bits per heavy atom. The van der Waals surface area contributed by atoms with Gasteiger partial charge in [-0.05, 0) is 32.4 Å². The molecular weight excluding hydrogens is 384 g/mol. The molecule has 0 spiro atoms. The number of thioether (sulfide) groups is 1. The van der Waals surface area contributed by atoms with Gasteiger partial charge < -0.3 is 10.1 Å². The van der Waals surface area contributed by atoms with E-state index in [-0.39, 0.29) is 0 Å². The van der Waals surface area contributed by atoms with E-state index in [1.54, 1.807) is 13.3 Å². The van der Waals surface area contributed by atoms with Crippen molar-refractivity contribution in [2.24, 2.45) is 5.10 Å². The zero-order valence-corrected chi connectivity index (χ0v) is 17.6. The predicted octanol–water partition coefficient (Wildman–Crippen LogP) is 3.67. The van der Waals surface area contributed by atoms with Crippen molar-refractivity contribution >= 4 is 40.5 Å². The van der Waals surface area contributed by atoms with Crippen molar-refractivity contribution in [1.82, 2.24) is 15.4 Å². The molecule has 0 radical (unpaired) electrons. The number of rotatable bonds is 7. The molecule has 1 aliphatic rings. The second-order valence-corrected chi connectivity index (χ2v) is 8.89. The van der Waals surface area contributed by atoms with Gasteiger partial charge in [0.1, 0.15) is 5.75 Å². The fourth-order valence-corrected chi connectivity index (χ4v) is 4.48. The van der Waals surface area contributed by atoms with Gasteiger partial charge in [-0.25, -0.2) is 9.80 Å². The van der Waals surface area contributed by atoms with Gasteiger partial charge in [0, 0.05) is 12.1 Å². The molecule has 2 rings (SSSR count). The number of carbonyl (C=O) groups excluding carboxylic acids is 1. The van der Waals surface area contributed by atoms with E-state index in [1.807, 2.05) is 45.0 Å². The largest absolute Gasteiger partial charge is 0.496 e. The molecule has 1 atom stereocenters. The van der Waals surface area contributed by atoms with Crippen LogP contribution in [0, 0.1) is 0 Å². The molecule has 2 N–H and O–H groups in total. The van der Waals surface area contributed by atoms with Crippen LogP contribution in [0.4, 0.5) is 4.79 Å². The molecule has 9 heteroatoms. The van der Waals surface area contributed by atoms with E-state index < -0.39 is 16.9 Å². The highest BCUT2D eigenvalue weighted by atomic mass is 32.2. The second kappa shape index (κ2) is 9.38. The summed E-state index contributed by atoms with van der Waals surface area (Å²) in [7, 11) is 1.59. The van der Waals surface area contributed by atoms with E-state index in [9.17, 15) is 10.0 Å². The van der Waals surface area contributed by atoms with Crippen molar-refractivity contribution in [1.29, 1.82) is 0 Å². The molecule has 1 heterocycles. The van der Waals surface area contributed by atoms with Gasteiger partial charge in [0.2, 0.25) is 0 Å². The molecule has 0 bridgehead atoms. The second-order valence-electron chi connectivity index (χ2n) is 6.61. The van der Waals surface area contributed by atoms with Crippen LogP contribution in [0.25, 0.3) is 0 Å². The van der Waals surface area contributed by atoms with Crippen LogP contribution in [0.15, 0.2) is 29.4 Å². The van der Waals surface area contributed by atoms with Gasteiger partial charge in [-0.15, -0.1) is 0 Å². The molecular formula is C18H26N4O3S2. The molecule has 27 heavy (non-hydrogen) atoms. The molecule has 1 aromatic carbocycles. The fourth-order valence-electron chi connectivity index (χ4n) is 2.69. The summed E-state index contributed by atoms with van der Waals surface area (Å²) in [5, 5.41) is 19.9. The third-order valence-electron chi connectivity index (χ3n) is 4.10. The average molecular weight is 411 g/mol. The molecule has 1 fully saturated rings. The van der Waals surface area contributed by atoms with Crippen molar-refractivity contribution in [3.63, 3.8) is 0 Å². The summed E-state index contributed by atoms with van der Waals surface area (Å²) >= 11 is 6.82. The maximum absolute atomic E-state index is 12.3. The molecule has 0 unspecified atom stereocenters. The Hall–Kier alpha value is -1.84. The number of urea groups is 1. The number of carbonyl (C=O) groups is 1. The quantitative estimate of drug-likeness (QED) is 0.235. The summed E-state index contributed by atoms with van der Waals surface area (Å²) < 4.78 is 5.27. The third-order valence-corrected chi connectivity index (χ3v) is 5.63. The van der Waals surface area contributed by atoms with E-state index in [1.165, 1.54) is 16.8 Å². The number of nitrogens with one attached hydrogen (secondary N) is 1. The molecule has 1 saturated heterocycles. The first-order chi connectivity index (χ1) is 12.8. The zero-order valence-electron chi connectivity index (χ0n) is 16.0. The fraction of sp³-hybridized carbons (Fsp3) is 0.500. The normalized spacial score (nSPS) is 18.8. The van der Waals surface area contributed by atoms with Crippen LogP contribution >= 0.6 is 24.0 Å². The third kappa shape index (κ3) is 5.12. The number of benzene rings is 1. The number of ether oxygens (including phenoxy) is 1. The molecule has 1 aromatic rings. The van der Waals surface area contributed by atoms with Crippen molar-refractivity contribution in [3.05, 3.63) is 29.8 Å². The lowest BCUT2D eigenvalue weighted by molar-refractivity contribution is -0.118. The van der Waals surface area contributed by atoms with Crippen LogP contribution in [0.3, 0.4) is 0 Å². The van der Waals surface area contributed by atoms with E-state index in [0.717, 1.165) is 18.4 Å². The lowest BCUT2D eigenvalue weighted by atomic mass is 10.1. The van der Waals surface area contributed by atoms with Crippen LogP contribution in [0.2, 0.25) is 0 Å². The van der Waals surface area contributed by atoms with Gasteiger partial charge in [-0.2, -0.15) is 10.2 Å². The number of hydroxylamine groups is 2. The van der Waals surface area contributed by atoms with Gasteiger partial charge >= 0.3 is 6.03 Å². The summed E-state index contributed by atoms with van der Waals surface area (Å²) in [5.41, 5.74) is 0.771. The van der Waals surface area contributed by atoms with Gasteiger partial charge in [0.25, 0.3) is 0 Å². The van der Waals surface area contributed by atoms with Crippen LogP contribution < -0.4 is 10.1 Å². The number of para-hydroxylation sites is 1. The first-order valence-electron chi connectivity index (χ1n) is 8.77. The van der Waals surface area contributed by atoms with Crippen molar-refractivity contribution in [2.45, 2.75) is 44.5 Å². The minimum absolute atomic E-state index is 0.483. The monoisotopic (exact) mass is 410 g/mol. The van der Waals surface area contributed by atoms with E-state index in [4.69, 9.17) is 17.0 Å². The number of unbranched alkanes of at least 4 members (excludes halogenated alkanes) is 1. The Balaban J connectivity index is 2.23. The Kier molecular flexibility index (Phi) is 7.46. The lowest BCUT2D eigenvalue weighted by Crippen LogP contribution is -2.55. The SMILES string of the molecule is CCCCNC(=O)N(O)[C@H]1N(/N=C\c2ccccc2OC)C(=S)SC1(C)C. The highest BCUT2D eigenvalue weighted by Crippen LogP contribution is 2.42.